The summed E-state index contributed by atoms with van der Waals surface area (Å²) in [7, 11) is 6.20. The Morgan fingerprint density at radius 2 is 1.68 bits per heavy atom. The number of nitrogens with zero attached hydrogens (tertiary/aromatic N) is 4. The van der Waals surface area contributed by atoms with Crippen molar-refractivity contribution in [3.63, 3.8) is 0 Å². The first-order valence-corrected chi connectivity index (χ1v) is 14.5. The summed E-state index contributed by atoms with van der Waals surface area (Å²) in [5, 5.41) is 5.94. The number of fused-ring (bicyclic) bond motifs is 5. The Hall–Kier alpha value is -5.12. The summed E-state index contributed by atoms with van der Waals surface area (Å²) < 4.78 is 15.8. The van der Waals surface area contributed by atoms with E-state index >= 15 is 0 Å². The number of Topliss-reactive ketones (excluding diaryl/α,β-unsaturated/α-hetero) is 1. The lowest BCUT2D eigenvalue weighted by Crippen LogP contribution is -2.37. The van der Waals surface area contributed by atoms with Gasteiger partial charge in [-0.25, -0.2) is 4.79 Å². The number of imidazole rings is 1. The summed E-state index contributed by atoms with van der Waals surface area (Å²) in [5.41, 5.74) is 4.21. The van der Waals surface area contributed by atoms with E-state index in [0.29, 0.717) is 17.9 Å². The molecule has 2 aromatic heterocycles. The SMILES string of the molecule is COc1cc([C@H]2Nc3ccc4ccccc4c3C3=C2C(=O)CC(C)(C)C3)ccc1Oc1nc2c(c(=O)n(C)c(=O)n2C)n1C. The number of allylic oxidation sites excluding steroid dienone is 1. The van der Waals surface area contributed by atoms with Gasteiger partial charge >= 0.3 is 11.7 Å². The van der Waals surface area contributed by atoms with Crippen molar-refractivity contribution >= 4 is 39.0 Å². The van der Waals surface area contributed by atoms with Crippen LogP contribution in [0.25, 0.3) is 27.5 Å². The lowest BCUT2D eigenvalue weighted by atomic mass is 9.68. The highest BCUT2D eigenvalue weighted by atomic mass is 16.5. The van der Waals surface area contributed by atoms with Gasteiger partial charge in [0, 0.05) is 44.4 Å². The molecule has 3 aromatic carbocycles. The van der Waals surface area contributed by atoms with E-state index in [2.05, 4.69) is 48.4 Å². The number of nitrogens with one attached hydrogen (secondary N) is 1. The van der Waals surface area contributed by atoms with Crippen molar-refractivity contribution in [2.75, 3.05) is 12.4 Å². The number of benzene rings is 3. The van der Waals surface area contributed by atoms with Gasteiger partial charge in [-0.1, -0.05) is 50.2 Å². The molecule has 0 amide bonds. The van der Waals surface area contributed by atoms with Crippen LogP contribution in [-0.4, -0.2) is 31.6 Å². The number of ketones is 1. The number of aryl methyl sites for hydroxylation is 2. The standard InChI is InChI=1S/C34H33N5O5/c1-34(2)16-21-26-20-10-8-7-9-18(20)11-13-22(26)35-28(27(21)23(40)17-34)19-12-14-24(25(15-19)43-6)44-32-36-30-29(37(32)3)31(41)39(5)33(42)38(30)4/h7-15,28,35H,16-17H2,1-6H3/t28-/m1/s1. The van der Waals surface area contributed by atoms with Gasteiger partial charge in [-0.3, -0.25) is 23.3 Å². The number of carbonyl (C=O) groups is 1. The van der Waals surface area contributed by atoms with Crippen LogP contribution < -0.4 is 26.0 Å². The molecule has 1 aliphatic heterocycles. The number of methoxy groups -OCH3 is 1. The third-order valence-corrected chi connectivity index (χ3v) is 8.90. The Bertz CT molecular complexity index is 2200. The Labute approximate surface area is 253 Å². The molecule has 0 radical (unpaired) electrons. The van der Waals surface area contributed by atoms with E-state index in [1.807, 2.05) is 24.3 Å². The van der Waals surface area contributed by atoms with Crippen LogP contribution >= 0.6 is 0 Å². The molecular weight excluding hydrogens is 558 g/mol. The topological polar surface area (TPSA) is 109 Å². The first-order valence-electron chi connectivity index (χ1n) is 14.5. The summed E-state index contributed by atoms with van der Waals surface area (Å²) in [5.74, 6) is 0.954. The van der Waals surface area contributed by atoms with Crippen LogP contribution in [0.3, 0.4) is 0 Å². The second kappa shape index (κ2) is 9.70. The Kier molecular flexibility index (Phi) is 6.11. The number of hydrogen-bond acceptors (Lipinski definition) is 7. The second-order valence-corrected chi connectivity index (χ2v) is 12.5. The number of aromatic nitrogens is 4. The number of rotatable bonds is 4. The highest BCUT2D eigenvalue weighted by Gasteiger charge is 2.41. The van der Waals surface area contributed by atoms with Crippen molar-refractivity contribution < 1.29 is 14.3 Å². The number of anilines is 1. The first-order chi connectivity index (χ1) is 21.0. The van der Waals surface area contributed by atoms with E-state index < -0.39 is 11.2 Å². The summed E-state index contributed by atoms with van der Waals surface area (Å²) in [4.78, 5) is 43.6. The lowest BCUT2D eigenvalue weighted by Gasteiger charge is -2.40. The fourth-order valence-corrected chi connectivity index (χ4v) is 6.72. The van der Waals surface area contributed by atoms with Gasteiger partial charge < -0.3 is 14.8 Å². The molecule has 1 aliphatic carbocycles. The van der Waals surface area contributed by atoms with Crippen molar-refractivity contribution in [3.05, 3.63) is 92.1 Å². The average Bonchev–Trinajstić information content (AvgIpc) is 3.33. The van der Waals surface area contributed by atoms with Crippen LogP contribution in [0.2, 0.25) is 0 Å². The minimum atomic E-state index is -0.474. The molecule has 5 aromatic rings. The predicted octanol–water partition coefficient (Wildman–Crippen LogP) is 5.23. The van der Waals surface area contributed by atoms with Gasteiger partial charge in [0.25, 0.3) is 5.56 Å². The van der Waals surface area contributed by atoms with E-state index in [1.54, 1.807) is 27.3 Å². The largest absolute Gasteiger partial charge is 0.493 e. The van der Waals surface area contributed by atoms with Gasteiger partial charge in [0.2, 0.25) is 0 Å². The van der Waals surface area contributed by atoms with Crippen molar-refractivity contribution in [3.8, 4) is 17.5 Å². The third-order valence-electron chi connectivity index (χ3n) is 8.90. The van der Waals surface area contributed by atoms with Gasteiger partial charge in [-0.2, -0.15) is 4.98 Å². The third kappa shape index (κ3) is 4.08. The molecule has 0 bridgehead atoms. The summed E-state index contributed by atoms with van der Waals surface area (Å²) >= 11 is 0. The van der Waals surface area contributed by atoms with Crippen LogP contribution in [0, 0.1) is 5.41 Å². The average molecular weight is 592 g/mol. The summed E-state index contributed by atoms with van der Waals surface area (Å²) in [6.45, 7) is 4.31. The van der Waals surface area contributed by atoms with Crippen molar-refractivity contribution in [1.29, 1.82) is 0 Å². The number of hydrogen-bond donors (Lipinski definition) is 1. The molecule has 224 valence electrons. The van der Waals surface area contributed by atoms with E-state index in [0.717, 1.165) is 49.7 Å². The number of carbonyl (C=O) groups excluding carboxylic acids is 1. The smallest absolute Gasteiger partial charge is 0.332 e. The van der Waals surface area contributed by atoms with Crippen molar-refractivity contribution in [2.45, 2.75) is 32.7 Å². The molecule has 10 heteroatoms. The Balaban J connectivity index is 1.33. The summed E-state index contributed by atoms with van der Waals surface area (Å²) in [6.07, 6.45) is 1.26. The molecule has 3 heterocycles. The van der Waals surface area contributed by atoms with Crippen LogP contribution in [0.1, 0.15) is 43.9 Å². The molecule has 10 nitrogen and oxygen atoms in total. The fraction of sp³-hybridized carbons (Fsp3) is 0.294. The normalized spacial score (nSPS) is 17.4. The van der Waals surface area contributed by atoms with Crippen molar-refractivity contribution in [1.82, 2.24) is 18.7 Å². The maximum atomic E-state index is 13.8. The van der Waals surface area contributed by atoms with Gasteiger partial charge in [0.05, 0.1) is 13.2 Å². The Morgan fingerprint density at radius 3 is 2.45 bits per heavy atom. The minimum absolute atomic E-state index is 0.135. The van der Waals surface area contributed by atoms with Crippen LogP contribution in [0.15, 0.2) is 69.8 Å². The molecule has 0 fully saturated rings. The molecule has 0 saturated heterocycles. The molecule has 0 unspecified atom stereocenters. The number of ether oxygens (including phenoxy) is 2. The maximum absolute atomic E-state index is 13.8. The van der Waals surface area contributed by atoms with E-state index in [-0.39, 0.29) is 34.4 Å². The van der Waals surface area contributed by atoms with Crippen molar-refractivity contribution in [2.24, 2.45) is 26.6 Å². The molecular formula is C34H33N5O5. The molecule has 0 saturated carbocycles. The van der Waals surface area contributed by atoms with Crippen LogP contribution in [0.5, 0.6) is 17.5 Å². The van der Waals surface area contributed by atoms with Crippen LogP contribution in [0.4, 0.5) is 5.69 Å². The Morgan fingerprint density at radius 1 is 0.909 bits per heavy atom. The molecule has 0 spiro atoms. The summed E-state index contributed by atoms with van der Waals surface area (Å²) in [6, 6.07) is 17.8. The van der Waals surface area contributed by atoms with Crippen LogP contribution in [-0.2, 0) is 25.9 Å². The highest BCUT2D eigenvalue weighted by Crippen LogP contribution is 2.52. The quantitative estimate of drug-likeness (QED) is 0.305. The van der Waals surface area contributed by atoms with Gasteiger partial charge in [0.15, 0.2) is 28.4 Å². The van der Waals surface area contributed by atoms with E-state index in [4.69, 9.17) is 9.47 Å². The predicted molar refractivity (Wildman–Crippen MR) is 170 cm³/mol. The zero-order valence-corrected chi connectivity index (χ0v) is 25.5. The zero-order chi connectivity index (χ0) is 31.1. The van der Waals surface area contributed by atoms with E-state index in [9.17, 15) is 14.4 Å². The molecule has 44 heavy (non-hydrogen) atoms. The van der Waals surface area contributed by atoms with E-state index in [1.165, 1.54) is 16.2 Å². The second-order valence-electron chi connectivity index (χ2n) is 12.5. The maximum Gasteiger partial charge on any atom is 0.332 e. The van der Waals surface area contributed by atoms with Gasteiger partial charge in [-0.15, -0.1) is 0 Å². The molecule has 7 rings (SSSR count). The molecule has 1 atom stereocenters. The lowest BCUT2D eigenvalue weighted by molar-refractivity contribution is -0.118. The monoisotopic (exact) mass is 591 g/mol. The molecule has 2 aliphatic rings. The van der Waals surface area contributed by atoms with Gasteiger partial charge in [-0.05, 0) is 51.9 Å². The highest BCUT2D eigenvalue weighted by molar-refractivity contribution is 6.12. The zero-order valence-electron chi connectivity index (χ0n) is 25.5. The minimum Gasteiger partial charge on any atom is -0.493 e. The van der Waals surface area contributed by atoms with Gasteiger partial charge in [0.1, 0.15) is 0 Å². The fourth-order valence-electron chi connectivity index (χ4n) is 6.72. The first kappa shape index (κ1) is 27.7. The molecule has 1 N–H and O–H groups in total.